The maximum absolute atomic E-state index is 14.7. The molecule has 2 N–H and O–H groups in total. The van der Waals surface area contributed by atoms with Crippen molar-refractivity contribution in [3.8, 4) is 11.5 Å². The zero-order valence-corrected chi connectivity index (χ0v) is 23.0. The molecule has 1 saturated heterocycles. The molecule has 206 valence electrons. The van der Waals surface area contributed by atoms with E-state index in [-0.39, 0.29) is 35.7 Å². The van der Waals surface area contributed by atoms with E-state index in [1.807, 2.05) is 54.0 Å². The first-order chi connectivity index (χ1) is 18.5. The van der Waals surface area contributed by atoms with Crippen LogP contribution in [0.1, 0.15) is 55.9 Å². The van der Waals surface area contributed by atoms with Crippen molar-refractivity contribution in [3.63, 3.8) is 0 Å². The normalized spacial score (nSPS) is 18.4. The molecule has 39 heavy (non-hydrogen) atoms. The van der Waals surface area contributed by atoms with Gasteiger partial charge in [-0.1, -0.05) is 17.8 Å². The minimum absolute atomic E-state index is 0.0725. The van der Waals surface area contributed by atoms with Crippen molar-refractivity contribution in [3.05, 3.63) is 60.3 Å². The fourth-order valence-electron chi connectivity index (χ4n) is 4.79. The molecule has 1 fully saturated rings. The predicted molar refractivity (Wildman–Crippen MR) is 148 cm³/mol. The van der Waals surface area contributed by atoms with Gasteiger partial charge in [-0.05, 0) is 64.9 Å². The summed E-state index contributed by atoms with van der Waals surface area (Å²) in [5.41, 5.74) is 3.29. The predicted octanol–water partition coefficient (Wildman–Crippen LogP) is 4.36. The van der Waals surface area contributed by atoms with Crippen LogP contribution in [0.3, 0.4) is 0 Å². The molecule has 0 bridgehead atoms. The van der Waals surface area contributed by atoms with E-state index in [9.17, 15) is 9.18 Å². The third kappa shape index (κ3) is 5.44. The molecule has 0 spiro atoms. The van der Waals surface area contributed by atoms with Gasteiger partial charge in [-0.15, -0.1) is 0 Å². The van der Waals surface area contributed by atoms with Crippen LogP contribution in [-0.2, 0) is 12.1 Å². The number of allylic oxidation sites excluding steroid dienone is 1. The zero-order valence-electron chi connectivity index (χ0n) is 23.0. The zero-order chi connectivity index (χ0) is 27.9. The summed E-state index contributed by atoms with van der Waals surface area (Å²) < 4.78 is 23.9. The molecule has 4 aromatic heterocycles. The molecule has 4 aromatic rings. The van der Waals surface area contributed by atoms with E-state index in [1.54, 1.807) is 10.6 Å². The van der Waals surface area contributed by atoms with Gasteiger partial charge in [-0.3, -0.25) is 4.79 Å². The van der Waals surface area contributed by atoms with Gasteiger partial charge in [0, 0.05) is 36.6 Å². The Morgan fingerprint density at radius 1 is 1.28 bits per heavy atom. The van der Waals surface area contributed by atoms with Crippen LogP contribution in [0.4, 0.5) is 10.2 Å². The molecule has 10 nitrogen and oxygen atoms in total. The van der Waals surface area contributed by atoms with Gasteiger partial charge in [0.25, 0.3) is 5.91 Å². The number of carbonyl (C=O) groups is 1. The van der Waals surface area contributed by atoms with Crippen LogP contribution in [0.25, 0.3) is 22.6 Å². The van der Waals surface area contributed by atoms with Crippen LogP contribution < -0.4 is 10.6 Å². The van der Waals surface area contributed by atoms with Gasteiger partial charge in [0.05, 0.1) is 23.7 Å². The van der Waals surface area contributed by atoms with Crippen LogP contribution in [0.2, 0.25) is 0 Å². The summed E-state index contributed by atoms with van der Waals surface area (Å²) in [7, 11) is 1.93. The number of alkyl halides is 1. The lowest BCUT2D eigenvalue weighted by atomic mass is 10.0. The summed E-state index contributed by atoms with van der Waals surface area (Å²) in [6.45, 7) is 13.5. The third-order valence-corrected chi connectivity index (χ3v) is 6.97. The van der Waals surface area contributed by atoms with Crippen LogP contribution in [0, 0.1) is 0 Å². The number of pyridine rings is 1. The first-order valence-corrected chi connectivity index (χ1v) is 13.1. The maximum atomic E-state index is 14.7. The number of nitrogens with zero attached hydrogens (tertiary/aromatic N) is 6. The average Bonchev–Trinajstić information content (AvgIpc) is 3.62. The summed E-state index contributed by atoms with van der Waals surface area (Å²) in [6, 6.07) is 7.17. The molecule has 1 amide bonds. The minimum atomic E-state index is -0.989. The van der Waals surface area contributed by atoms with Crippen LogP contribution >= 0.6 is 0 Å². The highest BCUT2D eigenvalue weighted by atomic mass is 19.1. The Kier molecular flexibility index (Phi) is 7.02. The summed E-state index contributed by atoms with van der Waals surface area (Å²) in [5.74, 6) is 0.984. The molecule has 0 aliphatic carbocycles. The second-order valence-electron chi connectivity index (χ2n) is 11.2. The Hall–Kier alpha value is -3.99. The molecule has 0 saturated carbocycles. The minimum Gasteiger partial charge on any atom is -0.364 e. The highest BCUT2D eigenvalue weighted by Gasteiger charge is 2.29. The van der Waals surface area contributed by atoms with E-state index in [2.05, 4.69) is 48.1 Å². The van der Waals surface area contributed by atoms with Gasteiger partial charge >= 0.3 is 0 Å². The topological polar surface area (TPSA) is 106 Å². The number of hydrogen-bond acceptors (Lipinski definition) is 7. The van der Waals surface area contributed by atoms with Crippen molar-refractivity contribution in [1.29, 1.82) is 0 Å². The van der Waals surface area contributed by atoms with Gasteiger partial charge in [0.2, 0.25) is 11.7 Å². The molecule has 0 unspecified atom stereocenters. The molecule has 1 aliphatic heterocycles. The van der Waals surface area contributed by atoms with Gasteiger partial charge in [0.15, 0.2) is 0 Å². The monoisotopic (exact) mass is 534 g/mol. The van der Waals surface area contributed by atoms with Crippen LogP contribution in [0.15, 0.2) is 47.8 Å². The molecule has 0 radical (unpaired) electrons. The molecule has 2 atom stereocenters. The number of aromatic nitrogens is 5. The Morgan fingerprint density at radius 2 is 2.08 bits per heavy atom. The van der Waals surface area contributed by atoms with E-state index in [0.29, 0.717) is 30.0 Å². The van der Waals surface area contributed by atoms with Crippen molar-refractivity contribution in [2.75, 3.05) is 25.5 Å². The summed E-state index contributed by atoms with van der Waals surface area (Å²) in [4.78, 5) is 19.1. The van der Waals surface area contributed by atoms with Gasteiger partial charge < -0.3 is 24.6 Å². The Balaban J connectivity index is 1.37. The fraction of sp³-hybridized carbons (Fsp3) is 0.429. The lowest BCUT2D eigenvalue weighted by Crippen LogP contribution is -2.46. The number of piperidine rings is 1. The number of carbonyl (C=O) groups excluding carboxylic acids is 1. The molecular formula is C28H35FN8O2. The van der Waals surface area contributed by atoms with Crippen molar-refractivity contribution < 1.29 is 13.7 Å². The van der Waals surface area contributed by atoms with Gasteiger partial charge in [-0.2, -0.15) is 10.1 Å². The van der Waals surface area contributed by atoms with Crippen LogP contribution in [0.5, 0.6) is 0 Å². The number of anilines is 1. The summed E-state index contributed by atoms with van der Waals surface area (Å²) in [5, 5.41) is 15.1. The standard InChI is InChI=1S/C28H35FN8O2/c1-17(2)24-21-8-7-9-22(31-20-11-12-35(6)16-19(20)29)37(21)33-25(24)26-32-23(39-34-26)14-30-27(38)18-10-13-36(15-18)28(3,4)5/h7-10,13,15,19-20,31H,1,11-12,14,16H2,2-6H3,(H,30,38)/t19-,20+/m0/s1. The van der Waals surface area contributed by atoms with Crippen LogP contribution in [-0.4, -0.2) is 67.5 Å². The SMILES string of the molecule is C=C(C)c1c(-c2noc(CNC(=O)c3ccn(C(C)(C)C)c3)n2)nn2c(N[C@@H]3CCN(C)C[C@@H]3F)cccc12. The van der Waals surface area contributed by atoms with E-state index >= 15 is 0 Å². The van der Waals surface area contributed by atoms with E-state index in [0.717, 1.165) is 23.2 Å². The van der Waals surface area contributed by atoms with E-state index < -0.39 is 6.17 Å². The number of rotatable bonds is 7. The van der Waals surface area contributed by atoms with E-state index in [4.69, 9.17) is 9.62 Å². The van der Waals surface area contributed by atoms with Gasteiger partial charge in [0.1, 0.15) is 17.7 Å². The number of nitrogens with one attached hydrogen (secondary N) is 2. The highest BCUT2D eigenvalue weighted by molar-refractivity contribution is 5.94. The Morgan fingerprint density at radius 3 is 2.77 bits per heavy atom. The second-order valence-corrected chi connectivity index (χ2v) is 11.2. The third-order valence-electron chi connectivity index (χ3n) is 6.97. The average molecular weight is 535 g/mol. The van der Waals surface area contributed by atoms with Crippen molar-refractivity contribution >= 4 is 22.8 Å². The maximum Gasteiger partial charge on any atom is 0.253 e. The highest BCUT2D eigenvalue weighted by Crippen LogP contribution is 2.32. The lowest BCUT2D eigenvalue weighted by Gasteiger charge is -2.33. The summed E-state index contributed by atoms with van der Waals surface area (Å²) >= 11 is 0. The number of fused-ring (bicyclic) bond motifs is 1. The first-order valence-electron chi connectivity index (χ1n) is 13.1. The van der Waals surface area contributed by atoms with Crippen molar-refractivity contribution in [1.82, 2.24) is 34.5 Å². The molecule has 5 heterocycles. The number of likely N-dealkylation sites (tertiary alicyclic amines) is 1. The van der Waals surface area contributed by atoms with Crippen molar-refractivity contribution in [2.24, 2.45) is 0 Å². The molecule has 11 heteroatoms. The van der Waals surface area contributed by atoms with E-state index in [1.165, 1.54) is 0 Å². The molecule has 5 rings (SSSR count). The summed E-state index contributed by atoms with van der Waals surface area (Å²) in [6.07, 6.45) is 3.39. The second kappa shape index (κ2) is 10.3. The quantitative estimate of drug-likeness (QED) is 0.363. The lowest BCUT2D eigenvalue weighted by molar-refractivity contribution is 0.0946. The number of hydrogen-bond donors (Lipinski definition) is 2. The largest absolute Gasteiger partial charge is 0.364 e. The fourth-order valence-corrected chi connectivity index (χ4v) is 4.79. The molecule has 0 aromatic carbocycles. The first kappa shape index (κ1) is 26.6. The van der Waals surface area contributed by atoms with Crippen molar-refractivity contribution in [2.45, 2.75) is 58.4 Å². The smallest absolute Gasteiger partial charge is 0.253 e. The Labute approximate surface area is 226 Å². The molecule has 1 aliphatic rings. The van der Waals surface area contributed by atoms with Gasteiger partial charge in [-0.25, -0.2) is 8.91 Å². The number of amides is 1. The number of halogens is 1. The molecular weight excluding hydrogens is 499 g/mol. The Bertz CT molecular complexity index is 1510.